The second-order valence-electron chi connectivity index (χ2n) is 6.10. The molecule has 3 rings (SSSR count). The summed E-state index contributed by atoms with van der Waals surface area (Å²) >= 11 is 5.83. The number of guanidine groups is 1. The normalized spacial score (nSPS) is 16.9. The van der Waals surface area contributed by atoms with Gasteiger partial charge in [-0.2, -0.15) is 0 Å². The van der Waals surface area contributed by atoms with Crippen LogP contribution in [0.25, 0.3) is 0 Å². The summed E-state index contributed by atoms with van der Waals surface area (Å²) in [6.07, 6.45) is 2.86. The molecule has 140 valence electrons. The summed E-state index contributed by atoms with van der Waals surface area (Å²) in [5, 5.41) is 7.37. The number of aromatic nitrogens is 1. The maximum absolute atomic E-state index is 5.83. The summed E-state index contributed by atoms with van der Waals surface area (Å²) < 4.78 is 0. The Morgan fingerprint density at radius 3 is 2.77 bits per heavy atom. The molecule has 1 aromatic carbocycles. The van der Waals surface area contributed by atoms with Crippen LogP contribution in [-0.4, -0.2) is 36.6 Å². The Morgan fingerprint density at radius 1 is 1.27 bits per heavy atom. The minimum atomic E-state index is 0. The number of anilines is 1. The van der Waals surface area contributed by atoms with E-state index in [0.717, 1.165) is 37.6 Å². The van der Waals surface area contributed by atoms with Gasteiger partial charge < -0.3 is 15.5 Å². The van der Waals surface area contributed by atoms with Crippen molar-refractivity contribution in [1.29, 1.82) is 0 Å². The maximum atomic E-state index is 5.83. The molecular weight excluding hydrogens is 461 g/mol. The number of hydrogen-bond donors (Lipinski definition) is 2. The third-order valence-corrected chi connectivity index (χ3v) is 4.43. The zero-order chi connectivity index (χ0) is 17.5. The first kappa shape index (κ1) is 20.8. The molecule has 1 aliphatic heterocycles. The first-order chi connectivity index (χ1) is 12.2. The van der Waals surface area contributed by atoms with Crippen LogP contribution in [0.4, 0.5) is 5.69 Å². The predicted molar refractivity (Wildman–Crippen MR) is 120 cm³/mol. The van der Waals surface area contributed by atoms with Gasteiger partial charge in [0.15, 0.2) is 5.96 Å². The van der Waals surface area contributed by atoms with Crippen LogP contribution in [0.1, 0.15) is 18.9 Å². The highest BCUT2D eigenvalue weighted by Crippen LogP contribution is 2.19. The van der Waals surface area contributed by atoms with Crippen molar-refractivity contribution in [2.24, 2.45) is 4.99 Å². The Morgan fingerprint density at radius 2 is 2.08 bits per heavy atom. The van der Waals surface area contributed by atoms with Crippen LogP contribution < -0.4 is 15.5 Å². The molecule has 0 bridgehead atoms. The van der Waals surface area contributed by atoms with E-state index in [1.807, 2.05) is 6.07 Å². The summed E-state index contributed by atoms with van der Waals surface area (Å²) in [6, 6.07) is 14.7. The molecule has 1 aliphatic rings. The van der Waals surface area contributed by atoms with Gasteiger partial charge in [-0.3, -0.25) is 0 Å². The van der Waals surface area contributed by atoms with Gasteiger partial charge in [0.1, 0.15) is 5.15 Å². The molecule has 1 saturated heterocycles. The van der Waals surface area contributed by atoms with Gasteiger partial charge in [0.2, 0.25) is 0 Å². The molecular formula is C19H25ClIN5. The van der Waals surface area contributed by atoms with Crippen LogP contribution in [0.3, 0.4) is 0 Å². The molecule has 2 N–H and O–H groups in total. The molecule has 1 aromatic heterocycles. The van der Waals surface area contributed by atoms with Crippen molar-refractivity contribution in [2.45, 2.75) is 25.9 Å². The first-order valence-corrected chi connectivity index (χ1v) is 9.07. The molecule has 26 heavy (non-hydrogen) atoms. The van der Waals surface area contributed by atoms with Gasteiger partial charge in [0.05, 0.1) is 6.54 Å². The molecule has 0 radical (unpaired) electrons. The van der Waals surface area contributed by atoms with Crippen LogP contribution in [-0.2, 0) is 6.54 Å². The molecule has 1 fully saturated rings. The number of aliphatic imine (C=N–C) groups is 1. The zero-order valence-electron chi connectivity index (χ0n) is 14.9. The third-order valence-electron chi connectivity index (χ3n) is 4.20. The lowest BCUT2D eigenvalue weighted by Gasteiger charge is -2.20. The van der Waals surface area contributed by atoms with Crippen molar-refractivity contribution in [2.75, 3.05) is 24.5 Å². The van der Waals surface area contributed by atoms with E-state index < -0.39 is 0 Å². The lowest BCUT2D eigenvalue weighted by atomic mass is 10.2. The topological polar surface area (TPSA) is 52.6 Å². The first-order valence-electron chi connectivity index (χ1n) is 8.70. The van der Waals surface area contributed by atoms with E-state index in [1.165, 1.54) is 5.69 Å². The van der Waals surface area contributed by atoms with E-state index in [2.05, 4.69) is 62.8 Å². The Balaban J connectivity index is 0.00000243. The van der Waals surface area contributed by atoms with Crippen LogP contribution in [0.2, 0.25) is 5.15 Å². The minimum absolute atomic E-state index is 0. The molecule has 0 spiro atoms. The molecule has 5 nitrogen and oxygen atoms in total. The smallest absolute Gasteiger partial charge is 0.191 e. The Labute approximate surface area is 177 Å². The number of pyridine rings is 1. The van der Waals surface area contributed by atoms with Crippen LogP contribution in [0.5, 0.6) is 0 Å². The van der Waals surface area contributed by atoms with Crippen LogP contribution in [0, 0.1) is 0 Å². The lowest BCUT2D eigenvalue weighted by Crippen LogP contribution is -2.44. The van der Waals surface area contributed by atoms with Gasteiger partial charge in [-0.25, -0.2) is 9.98 Å². The molecule has 7 heteroatoms. The number of halogens is 2. The summed E-state index contributed by atoms with van der Waals surface area (Å²) in [7, 11) is 0. The minimum Gasteiger partial charge on any atom is -0.369 e. The van der Waals surface area contributed by atoms with Crippen molar-refractivity contribution in [3.63, 3.8) is 0 Å². The summed E-state index contributed by atoms with van der Waals surface area (Å²) in [6.45, 7) is 5.53. The average Bonchev–Trinajstić information content (AvgIpc) is 3.10. The van der Waals surface area contributed by atoms with Gasteiger partial charge in [-0.05, 0) is 37.1 Å². The number of benzene rings is 1. The molecule has 0 saturated carbocycles. The van der Waals surface area contributed by atoms with Crippen molar-refractivity contribution >= 4 is 47.2 Å². The molecule has 0 amide bonds. The summed E-state index contributed by atoms with van der Waals surface area (Å²) in [4.78, 5) is 11.2. The number of nitrogens with one attached hydrogen (secondary N) is 2. The highest BCUT2D eigenvalue weighted by molar-refractivity contribution is 14.0. The zero-order valence-corrected chi connectivity index (χ0v) is 17.9. The number of rotatable bonds is 5. The van der Waals surface area contributed by atoms with E-state index >= 15 is 0 Å². The van der Waals surface area contributed by atoms with Crippen molar-refractivity contribution in [3.05, 3.63) is 59.4 Å². The molecule has 0 aliphatic carbocycles. The van der Waals surface area contributed by atoms with Crippen molar-refractivity contribution < 1.29 is 0 Å². The van der Waals surface area contributed by atoms with Crippen LogP contribution in [0.15, 0.2) is 53.7 Å². The van der Waals surface area contributed by atoms with Gasteiger partial charge in [0, 0.05) is 37.6 Å². The number of hydrogen-bond acceptors (Lipinski definition) is 3. The average molecular weight is 486 g/mol. The van der Waals surface area contributed by atoms with E-state index in [4.69, 9.17) is 11.6 Å². The monoisotopic (exact) mass is 485 g/mol. The highest BCUT2D eigenvalue weighted by atomic mass is 127. The quantitative estimate of drug-likeness (QED) is 0.294. The molecule has 1 unspecified atom stereocenters. The Bertz CT molecular complexity index is 693. The second-order valence-corrected chi connectivity index (χ2v) is 6.48. The largest absolute Gasteiger partial charge is 0.369 e. The highest BCUT2D eigenvalue weighted by Gasteiger charge is 2.23. The van der Waals surface area contributed by atoms with Crippen molar-refractivity contribution in [3.8, 4) is 0 Å². The van der Waals surface area contributed by atoms with E-state index in [9.17, 15) is 0 Å². The number of para-hydroxylation sites is 1. The summed E-state index contributed by atoms with van der Waals surface area (Å²) in [5.41, 5.74) is 2.32. The fourth-order valence-corrected chi connectivity index (χ4v) is 3.05. The van der Waals surface area contributed by atoms with Gasteiger partial charge in [0.25, 0.3) is 0 Å². The number of nitrogens with zero attached hydrogens (tertiary/aromatic N) is 3. The van der Waals surface area contributed by atoms with Gasteiger partial charge in [-0.15, -0.1) is 24.0 Å². The molecule has 2 aromatic rings. The fraction of sp³-hybridized carbons (Fsp3) is 0.368. The SMILES string of the molecule is CCNC(=NCc1ccc(Cl)nc1)NC1CCN(c2ccccc2)C1.I. The predicted octanol–water partition coefficient (Wildman–Crippen LogP) is 3.69. The summed E-state index contributed by atoms with van der Waals surface area (Å²) in [5.74, 6) is 0.845. The Kier molecular flexibility index (Phi) is 8.44. The van der Waals surface area contributed by atoms with Crippen LogP contribution >= 0.6 is 35.6 Å². The van der Waals surface area contributed by atoms with Crippen molar-refractivity contribution in [1.82, 2.24) is 15.6 Å². The second kappa shape index (κ2) is 10.6. The molecule has 1 atom stereocenters. The third kappa shape index (κ3) is 6.02. The van der Waals surface area contributed by atoms with E-state index in [1.54, 1.807) is 12.3 Å². The van der Waals surface area contributed by atoms with E-state index in [0.29, 0.717) is 17.7 Å². The molecule has 2 heterocycles. The Hall–Kier alpha value is -1.54. The lowest BCUT2D eigenvalue weighted by molar-refractivity contribution is 0.649. The maximum Gasteiger partial charge on any atom is 0.191 e. The standard InChI is InChI=1S/C19H24ClN5.HI/c1-2-21-19(23-13-15-8-9-18(20)22-12-15)24-16-10-11-25(14-16)17-6-4-3-5-7-17;/h3-9,12,16H,2,10-11,13-14H2,1H3,(H2,21,23,24);1H. The van der Waals surface area contributed by atoms with Gasteiger partial charge in [-0.1, -0.05) is 35.9 Å². The van der Waals surface area contributed by atoms with E-state index in [-0.39, 0.29) is 24.0 Å². The fourth-order valence-electron chi connectivity index (χ4n) is 2.94. The van der Waals surface area contributed by atoms with Gasteiger partial charge >= 0.3 is 0 Å².